The van der Waals surface area contributed by atoms with Gasteiger partial charge in [-0.05, 0) is 75.8 Å². The van der Waals surface area contributed by atoms with Crippen LogP contribution in [-0.4, -0.2) is 24.9 Å². The van der Waals surface area contributed by atoms with Gasteiger partial charge in [0.15, 0.2) is 5.78 Å². The Bertz CT molecular complexity index is 577. The molecule has 0 spiro atoms. The molecule has 3 nitrogen and oxygen atoms in total. The van der Waals surface area contributed by atoms with Gasteiger partial charge < -0.3 is 10.6 Å². The molecule has 1 aliphatic carbocycles. The predicted molar refractivity (Wildman–Crippen MR) is 91.6 cm³/mol. The number of anilines is 1. The van der Waals surface area contributed by atoms with Crippen molar-refractivity contribution in [3.8, 4) is 0 Å². The number of allylic oxidation sites excluding steroid dienone is 1. The van der Waals surface area contributed by atoms with Crippen LogP contribution >= 0.6 is 0 Å². The SMILES string of the molecule is CC(NCCC1=CCCCC1)C(=O)c1ccc2c(c1)CCN2. The van der Waals surface area contributed by atoms with Crippen molar-refractivity contribution in [2.45, 2.75) is 51.5 Å². The summed E-state index contributed by atoms with van der Waals surface area (Å²) < 4.78 is 0. The molecule has 0 radical (unpaired) electrons. The topological polar surface area (TPSA) is 41.1 Å². The summed E-state index contributed by atoms with van der Waals surface area (Å²) in [5.41, 5.74) is 4.84. The molecule has 1 aromatic rings. The maximum absolute atomic E-state index is 12.5. The van der Waals surface area contributed by atoms with Crippen molar-refractivity contribution in [1.29, 1.82) is 0 Å². The quantitative estimate of drug-likeness (QED) is 0.621. The number of carbonyl (C=O) groups is 1. The highest BCUT2D eigenvalue weighted by atomic mass is 16.1. The van der Waals surface area contributed by atoms with Gasteiger partial charge in [0.05, 0.1) is 6.04 Å². The van der Waals surface area contributed by atoms with Crippen LogP contribution in [0.5, 0.6) is 0 Å². The molecular formula is C19H26N2O. The van der Waals surface area contributed by atoms with E-state index in [1.807, 2.05) is 19.1 Å². The summed E-state index contributed by atoms with van der Waals surface area (Å²) in [6, 6.07) is 5.92. The number of nitrogens with one attached hydrogen (secondary N) is 2. The molecule has 0 saturated carbocycles. The highest BCUT2D eigenvalue weighted by molar-refractivity contribution is 6.00. The zero-order valence-electron chi connectivity index (χ0n) is 13.5. The van der Waals surface area contributed by atoms with Gasteiger partial charge in [0.2, 0.25) is 0 Å². The second-order valence-corrected chi connectivity index (χ2v) is 6.45. The second-order valence-electron chi connectivity index (χ2n) is 6.45. The van der Waals surface area contributed by atoms with Crippen LogP contribution in [0.4, 0.5) is 5.69 Å². The average molecular weight is 298 g/mol. The lowest BCUT2D eigenvalue weighted by Gasteiger charge is -2.16. The Kier molecular flexibility index (Phi) is 4.94. The van der Waals surface area contributed by atoms with Crippen molar-refractivity contribution < 1.29 is 4.79 Å². The van der Waals surface area contributed by atoms with Crippen molar-refractivity contribution in [2.24, 2.45) is 0 Å². The first-order valence-electron chi connectivity index (χ1n) is 8.56. The molecule has 3 rings (SSSR count). The Hall–Kier alpha value is -1.61. The molecule has 3 heteroatoms. The Labute approximate surface area is 133 Å². The van der Waals surface area contributed by atoms with E-state index in [4.69, 9.17) is 0 Å². The second kappa shape index (κ2) is 7.10. The Morgan fingerprint density at radius 1 is 1.32 bits per heavy atom. The number of fused-ring (bicyclic) bond motifs is 1. The molecule has 1 aliphatic heterocycles. The van der Waals surface area contributed by atoms with Gasteiger partial charge in [0.25, 0.3) is 0 Å². The van der Waals surface area contributed by atoms with E-state index in [1.54, 1.807) is 5.57 Å². The van der Waals surface area contributed by atoms with Crippen molar-refractivity contribution in [3.05, 3.63) is 41.0 Å². The number of hydrogen-bond acceptors (Lipinski definition) is 3. The number of carbonyl (C=O) groups excluding carboxylic acids is 1. The number of Topliss-reactive ketones (excluding diaryl/α,β-unsaturated/α-hetero) is 1. The smallest absolute Gasteiger partial charge is 0.179 e. The number of ketones is 1. The summed E-state index contributed by atoms with van der Waals surface area (Å²) in [4.78, 5) is 12.5. The molecule has 0 amide bonds. The molecule has 1 heterocycles. The summed E-state index contributed by atoms with van der Waals surface area (Å²) in [6.07, 6.45) is 9.60. The lowest BCUT2D eigenvalue weighted by Crippen LogP contribution is -2.34. The molecule has 1 atom stereocenters. The minimum atomic E-state index is -0.114. The first kappa shape index (κ1) is 15.3. The summed E-state index contributed by atoms with van der Waals surface area (Å²) in [7, 11) is 0. The van der Waals surface area contributed by atoms with E-state index in [0.29, 0.717) is 0 Å². The van der Waals surface area contributed by atoms with Crippen LogP contribution in [0.15, 0.2) is 29.8 Å². The highest BCUT2D eigenvalue weighted by Gasteiger charge is 2.18. The van der Waals surface area contributed by atoms with Crippen LogP contribution in [-0.2, 0) is 6.42 Å². The van der Waals surface area contributed by atoms with E-state index in [2.05, 4.69) is 22.8 Å². The molecule has 0 saturated heterocycles. The van der Waals surface area contributed by atoms with Crippen molar-refractivity contribution in [1.82, 2.24) is 5.32 Å². The molecule has 0 aromatic heterocycles. The van der Waals surface area contributed by atoms with Gasteiger partial charge in [0, 0.05) is 17.8 Å². The van der Waals surface area contributed by atoms with Crippen LogP contribution in [0.2, 0.25) is 0 Å². The van der Waals surface area contributed by atoms with Crippen molar-refractivity contribution >= 4 is 11.5 Å². The minimum absolute atomic E-state index is 0.114. The van der Waals surface area contributed by atoms with E-state index >= 15 is 0 Å². The fraction of sp³-hybridized carbons (Fsp3) is 0.526. The maximum Gasteiger partial charge on any atom is 0.179 e. The standard InChI is InChI=1S/C19H26N2O/c1-14(20-11-9-15-5-3-2-4-6-15)19(22)17-7-8-18-16(13-17)10-12-21-18/h5,7-8,13-14,20-21H,2-4,6,9-12H2,1H3. The average Bonchev–Trinajstić information content (AvgIpc) is 3.02. The molecule has 1 unspecified atom stereocenters. The molecule has 118 valence electrons. The van der Waals surface area contributed by atoms with Crippen LogP contribution in [0.25, 0.3) is 0 Å². The number of rotatable bonds is 6. The minimum Gasteiger partial charge on any atom is -0.384 e. The fourth-order valence-corrected chi connectivity index (χ4v) is 3.38. The van der Waals surface area contributed by atoms with Gasteiger partial charge in [-0.15, -0.1) is 0 Å². The van der Waals surface area contributed by atoms with E-state index in [9.17, 15) is 4.79 Å². The summed E-state index contributed by atoms with van der Waals surface area (Å²) in [5.74, 6) is 0.201. The summed E-state index contributed by atoms with van der Waals surface area (Å²) >= 11 is 0. The molecule has 22 heavy (non-hydrogen) atoms. The molecule has 2 aliphatic rings. The third kappa shape index (κ3) is 3.58. The van der Waals surface area contributed by atoms with E-state index < -0.39 is 0 Å². The molecule has 2 N–H and O–H groups in total. The monoisotopic (exact) mass is 298 g/mol. The zero-order chi connectivity index (χ0) is 15.4. The Morgan fingerprint density at radius 3 is 3.05 bits per heavy atom. The Morgan fingerprint density at radius 2 is 2.23 bits per heavy atom. The van der Waals surface area contributed by atoms with Crippen LogP contribution < -0.4 is 10.6 Å². The van der Waals surface area contributed by atoms with Crippen molar-refractivity contribution in [2.75, 3.05) is 18.4 Å². The largest absolute Gasteiger partial charge is 0.384 e. The molecule has 1 aromatic carbocycles. The Balaban J connectivity index is 1.52. The van der Waals surface area contributed by atoms with Gasteiger partial charge >= 0.3 is 0 Å². The van der Waals surface area contributed by atoms with E-state index in [-0.39, 0.29) is 11.8 Å². The van der Waals surface area contributed by atoms with E-state index in [0.717, 1.165) is 31.5 Å². The van der Waals surface area contributed by atoms with Gasteiger partial charge in [-0.2, -0.15) is 0 Å². The molecular weight excluding hydrogens is 272 g/mol. The summed E-state index contributed by atoms with van der Waals surface area (Å²) in [5, 5.41) is 6.72. The first-order valence-corrected chi connectivity index (χ1v) is 8.56. The third-order valence-corrected chi connectivity index (χ3v) is 4.77. The first-order chi connectivity index (χ1) is 10.7. The lowest BCUT2D eigenvalue weighted by molar-refractivity contribution is 0.0951. The van der Waals surface area contributed by atoms with Gasteiger partial charge in [-0.25, -0.2) is 0 Å². The molecule has 0 fully saturated rings. The number of hydrogen-bond donors (Lipinski definition) is 2. The number of benzene rings is 1. The van der Waals surface area contributed by atoms with Gasteiger partial charge in [0.1, 0.15) is 0 Å². The van der Waals surface area contributed by atoms with Crippen LogP contribution in [0, 0.1) is 0 Å². The normalized spacial score (nSPS) is 18.3. The van der Waals surface area contributed by atoms with E-state index in [1.165, 1.54) is 36.9 Å². The van der Waals surface area contributed by atoms with Crippen LogP contribution in [0.1, 0.15) is 54.9 Å². The maximum atomic E-state index is 12.5. The lowest BCUT2D eigenvalue weighted by atomic mass is 9.97. The van der Waals surface area contributed by atoms with Gasteiger partial charge in [-0.1, -0.05) is 11.6 Å². The highest BCUT2D eigenvalue weighted by Crippen LogP contribution is 2.23. The zero-order valence-corrected chi connectivity index (χ0v) is 13.5. The predicted octanol–water partition coefficient (Wildman–Crippen LogP) is 3.71. The van der Waals surface area contributed by atoms with Gasteiger partial charge in [-0.3, -0.25) is 4.79 Å². The van der Waals surface area contributed by atoms with Crippen molar-refractivity contribution in [3.63, 3.8) is 0 Å². The third-order valence-electron chi connectivity index (χ3n) is 4.77. The summed E-state index contributed by atoms with van der Waals surface area (Å²) in [6.45, 7) is 3.85. The molecule has 0 bridgehead atoms. The fourth-order valence-electron chi connectivity index (χ4n) is 3.38. The van der Waals surface area contributed by atoms with Crippen LogP contribution in [0.3, 0.4) is 0 Å².